The largest absolute Gasteiger partial charge is 0.361 e. The molecule has 0 amide bonds. The summed E-state index contributed by atoms with van der Waals surface area (Å²) in [6.45, 7) is 1.84. The van der Waals surface area contributed by atoms with Crippen molar-refractivity contribution in [2.75, 3.05) is 5.32 Å². The first kappa shape index (κ1) is 11.8. The first-order valence-corrected chi connectivity index (χ1v) is 5.53. The number of aromatic nitrogens is 2. The van der Waals surface area contributed by atoms with Gasteiger partial charge in [0, 0.05) is 18.0 Å². The number of hydrogen-bond acceptors (Lipinski definition) is 3. The van der Waals surface area contributed by atoms with Crippen molar-refractivity contribution in [1.29, 1.82) is 0 Å². The van der Waals surface area contributed by atoms with Crippen LogP contribution in [0.25, 0.3) is 0 Å². The van der Waals surface area contributed by atoms with Crippen LogP contribution in [0, 0.1) is 5.82 Å². The zero-order valence-electron chi connectivity index (χ0n) is 9.19. The third-order valence-electron chi connectivity index (χ3n) is 2.38. The molecule has 17 heavy (non-hydrogen) atoms. The smallest absolute Gasteiger partial charge is 0.171 e. The second-order valence-corrected chi connectivity index (χ2v) is 3.94. The Balaban J connectivity index is 2.20. The van der Waals surface area contributed by atoms with Gasteiger partial charge in [0.05, 0.1) is 6.04 Å². The number of halogens is 2. The maximum Gasteiger partial charge on any atom is 0.171 e. The van der Waals surface area contributed by atoms with Gasteiger partial charge in [0.1, 0.15) is 5.82 Å². The highest BCUT2D eigenvalue weighted by Crippen LogP contribution is 2.23. The first-order valence-electron chi connectivity index (χ1n) is 5.16. The van der Waals surface area contributed by atoms with Crippen LogP contribution in [0.1, 0.15) is 18.5 Å². The number of anilines is 1. The lowest BCUT2D eigenvalue weighted by Crippen LogP contribution is -2.10. The van der Waals surface area contributed by atoms with Gasteiger partial charge in [-0.2, -0.15) is 0 Å². The molecule has 1 N–H and O–H groups in total. The Hall–Kier alpha value is -1.68. The van der Waals surface area contributed by atoms with Crippen molar-refractivity contribution in [3.8, 4) is 0 Å². The summed E-state index contributed by atoms with van der Waals surface area (Å²) >= 11 is 5.87. The summed E-state index contributed by atoms with van der Waals surface area (Å²) in [5.74, 6) is 0.192. The van der Waals surface area contributed by atoms with Crippen molar-refractivity contribution in [3.63, 3.8) is 0 Å². The summed E-state index contributed by atoms with van der Waals surface area (Å²) in [6, 6.07) is 6.35. The van der Waals surface area contributed by atoms with E-state index >= 15 is 0 Å². The molecule has 0 radical (unpaired) electrons. The monoisotopic (exact) mass is 251 g/mol. The summed E-state index contributed by atoms with van der Waals surface area (Å²) in [7, 11) is 0. The van der Waals surface area contributed by atoms with Gasteiger partial charge in [0.25, 0.3) is 0 Å². The number of rotatable bonds is 3. The molecule has 0 aliphatic carbocycles. The molecule has 88 valence electrons. The topological polar surface area (TPSA) is 37.8 Å². The summed E-state index contributed by atoms with van der Waals surface area (Å²) in [5.41, 5.74) is 0.564. The van der Waals surface area contributed by atoms with E-state index in [-0.39, 0.29) is 17.0 Å². The van der Waals surface area contributed by atoms with Crippen LogP contribution in [0.2, 0.25) is 5.15 Å². The Bertz CT molecular complexity index is 519. The van der Waals surface area contributed by atoms with Crippen LogP contribution in [-0.4, -0.2) is 9.97 Å². The van der Waals surface area contributed by atoms with Crippen molar-refractivity contribution in [2.45, 2.75) is 13.0 Å². The third-order valence-corrected chi connectivity index (χ3v) is 2.66. The number of hydrogen-bond donors (Lipinski definition) is 1. The fourth-order valence-electron chi connectivity index (χ4n) is 1.53. The molecule has 0 aliphatic rings. The van der Waals surface area contributed by atoms with Gasteiger partial charge in [-0.1, -0.05) is 29.8 Å². The predicted molar refractivity (Wildman–Crippen MR) is 65.5 cm³/mol. The molecule has 2 rings (SSSR count). The van der Waals surface area contributed by atoms with Gasteiger partial charge in [-0.25, -0.2) is 14.4 Å². The van der Waals surface area contributed by atoms with E-state index < -0.39 is 0 Å². The van der Waals surface area contributed by atoms with Crippen molar-refractivity contribution in [1.82, 2.24) is 9.97 Å². The normalized spacial score (nSPS) is 12.2. The quantitative estimate of drug-likeness (QED) is 0.908. The molecule has 1 aromatic heterocycles. The van der Waals surface area contributed by atoms with Gasteiger partial charge in [0.2, 0.25) is 0 Å². The van der Waals surface area contributed by atoms with Gasteiger partial charge >= 0.3 is 0 Å². The van der Waals surface area contributed by atoms with Gasteiger partial charge in [-0.3, -0.25) is 0 Å². The summed E-state index contributed by atoms with van der Waals surface area (Å²) in [5, 5.41) is 3.30. The van der Waals surface area contributed by atoms with Crippen molar-refractivity contribution < 1.29 is 4.39 Å². The lowest BCUT2D eigenvalue weighted by atomic mass is 10.1. The molecule has 1 heterocycles. The molecule has 0 aliphatic heterocycles. The average molecular weight is 252 g/mol. The van der Waals surface area contributed by atoms with Crippen molar-refractivity contribution in [3.05, 3.63) is 53.2 Å². The zero-order valence-corrected chi connectivity index (χ0v) is 9.95. The van der Waals surface area contributed by atoms with Crippen LogP contribution in [0.3, 0.4) is 0 Å². The van der Waals surface area contributed by atoms with E-state index in [2.05, 4.69) is 15.3 Å². The minimum atomic E-state index is -0.257. The Morgan fingerprint density at radius 3 is 2.65 bits per heavy atom. The lowest BCUT2D eigenvalue weighted by molar-refractivity contribution is 0.600. The Morgan fingerprint density at radius 2 is 1.94 bits per heavy atom. The van der Waals surface area contributed by atoms with Crippen LogP contribution in [0.15, 0.2) is 36.7 Å². The van der Waals surface area contributed by atoms with E-state index in [1.54, 1.807) is 18.2 Å². The molecule has 0 bridgehead atoms. The predicted octanol–water partition coefficient (Wildman–Crippen LogP) is 3.44. The highest BCUT2D eigenvalue weighted by Gasteiger charge is 2.12. The summed E-state index contributed by atoms with van der Waals surface area (Å²) < 4.78 is 13.5. The second-order valence-electron chi connectivity index (χ2n) is 3.58. The zero-order chi connectivity index (χ0) is 12.3. The van der Waals surface area contributed by atoms with Crippen LogP contribution in [0.4, 0.5) is 10.2 Å². The molecular weight excluding hydrogens is 241 g/mol. The van der Waals surface area contributed by atoms with Gasteiger partial charge in [-0.05, 0) is 13.0 Å². The van der Waals surface area contributed by atoms with Crippen molar-refractivity contribution in [2.24, 2.45) is 0 Å². The summed E-state index contributed by atoms with van der Waals surface area (Å²) in [4.78, 5) is 7.94. The lowest BCUT2D eigenvalue weighted by Gasteiger charge is -2.15. The minimum absolute atomic E-state index is 0.231. The third kappa shape index (κ3) is 2.71. The highest BCUT2D eigenvalue weighted by atomic mass is 35.5. The molecule has 3 nitrogen and oxygen atoms in total. The molecule has 2 aromatic rings. The molecule has 1 unspecified atom stereocenters. The van der Waals surface area contributed by atoms with E-state index in [0.717, 1.165) is 0 Å². The van der Waals surface area contributed by atoms with Crippen molar-refractivity contribution >= 4 is 17.4 Å². The second kappa shape index (κ2) is 5.10. The van der Waals surface area contributed by atoms with Crippen LogP contribution >= 0.6 is 11.6 Å². The van der Waals surface area contributed by atoms with Gasteiger partial charge in [0.15, 0.2) is 11.0 Å². The van der Waals surface area contributed by atoms with E-state index in [9.17, 15) is 4.39 Å². The molecule has 0 spiro atoms. The number of nitrogens with zero attached hydrogens (tertiary/aromatic N) is 2. The van der Waals surface area contributed by atoms with Crippen LogP contribution in [-0.2, 0) is 0 Å². The fourth-order valence-corrected chi connectivity index (χ4v) is 1.69. The maximum atomic E-state index is 13.5. The molecule has 0 saturated carbocycles. The standard InChI is InChI=1S/C12H11ClFN3/c1-8(9-4-2-3-5-10(9)14)17-12-11(13)15-6-7-16-12/h2-8H,1H3,(H,16,17). The maximum absolute atomic E-state index is 13.5. The molecular formula is C12H11ClFN3. The van der Waals surface area contributed by atoms with E-state index in [4.69, 9.17) is 11.6 Å². The minimum Gasteiger partial charge on any atom is -0.361 e. The molecule has 5 heteroatoms. The first-order chi connectivity index (χ1) is 8.18. The Labute approximate surface area is 104 Å². The summed E-state index contributed by atoms with van der Waals surface area (Å²) in [6.07, 6.45) is 3.03. The highest BCUT2D eigenvalue weighted by molar-refractivity contribution is 6.31. The fraction of sp³-hybridized carbons (Fsp3) is 0.167. The van der Waals surface area contributed by atoms with Gasteiger partial charge in [-0.15, -0.1) is 0 Å². The number of benzene rings is 1. The Kier molecular flexibility index (Phi) is 3.54. The molecule has 1 aromatic carbocycles. The molecule has 1 atom stereocenters. The number of nitrogens with one attached hydrogen (secondary N) is 1. The SMILES string of the molecule is CC(Nc1nccnc1Cl)c1ccccc1F. The van der Waals surface area contributed by atoms with Gasteiger partial charge < -0.3 is 5.32 Å². The van der Waals surface area contributed by atoms with E-state index in [0.29, 0.717) is 11.4 Å². The Morgan fingerprint density at radius 1 is 1.24 bits per heavy atom. The van der Waals surface area contributed by atoms with E-state index in [1.165, 1.54) is 18.5 Å². The average Bonchev–Trinajstić information content (AvgIpc) is 2.32. The molecule has 0 fully saturated rings. The van der Waals surface area contributed by atoms with Crippen LogP contribution in [0.5, 0.6) is 0 Å². The molecule has 0 saturated heterocycles. The van der Waals surface area contributed by atoms with Crippen LogP contribution < -0.4 is 5.32 Å². The van der Waals surface area contributed by atoms with E-state index in [1.807, 2.05) is 6.92 Å².